The number of nitrogens with one attached hydrogen (secondary N) is 2. The quantitative estimate of drug-likeness (QED) is 0.575. The monoisotopic (exact) mass is 230 g/mol. The van der Waals surface area contributed by atoms with E-state index in [0.717, 1.165) is 25.9 Å². The predicted molar refractivity (Wildman–Crippen MR) is 57.0 cm³/mol. The lowest BCUT2D eigenvalue weighted by atomic mass is 9.97. The largest absolute Gasteiger partial charge is 0.479 e. The number of carboxylic acids is 1. The van der Waals surface area contributed by atoms with Gasteiger partial charge in [-0.05, 0) is 25.9 Å². The smallest absolute Gasteiger partial charge is 0.334 e. The lowest BCUT2D eigenvalue weighted by Crippen LogP contribution is -2.43. The van der Waals surface area contributed by atoms with Crippen LogP contribution in [-0.2, 0) is 14.3 Å². The number of ether oxygens (including phenoxy) is 1. The average Bonchev–Trinajstić information content (AvgIpc) is 2.30. The van der Waals surface area contributed by atoms with Gasteiger partial charge in [-0.25, -0.2) is 4.79 Å². The summed E-state index contributed by atoms with van der Waals surface area (Å²) in [5.74, 6) is -1.15. The number of methoxy groups -OCH3 is 1. The Morgan fingerprint density at radius 3 is 2.62 bits per heavy atom. The first-order valence-corrected chi connectivity index (χ1v) is 5.39. The van der Waals surface area contributed by atoms with Crippen molar-refractivity contribution in [3.8, 4) is 0 Å². The highest BCUT2D eigenvalue weighted by atomic mass is 16.5. The Balaban J connectivity index is 2.30. The fraction of sp³-hybridized carbons (Fsp3) is 0.800. The molecule has 1 aliphatic rings. The molecule has 0 radical (unpaired) electrons. The van der Waals surface area contributed by atoms with Crippen LogP contribution in [0.3, 0.4) is 0 Å². The fourth-order valence-electron chi connectivity index (χ4n) is 1.69. The number of aliphatic carboxylic acids is 1. The van der Waals surface area contributed by atoms with Crippen LogP contribution in [0.25, 0.3) is 0 Å². The van der Waals surface area contributed by atoms with Gasteiger partial charge in [-0.2, -0.15) is 0 Å². The summed E-state index contributed by atoms with van der Waals surface area (Å²) >= 11 is 0. The second-order valence-electron chi connectivity index (χ2n) is 3.83. The van der Waals surface area contributed by atoms with Crippen LogP contribution in [0, 0.1) is 5.92 Å². The fourth-order valence-corrected chi connectivity index (χ4v) is 1.69. The molecule has 92 valence electrons. The number of hydrogen-bond donors (Lipinski definition) is 3. The molecule has 1 heterocycles. The number of amides is 1. The summed E-state index contributed by atoms with van der Waals surface area (Å²) < 4.78 is 4.72. The molecule has 1 atom stereocenters. The van der Waals surface area contributed by atoms with Crippen molar-refractivity contribution in [3.63, 3.8) is 0 Å². The Labute approximate surface area is 94.3 Å². The maximum atomic E-state index is 11.7. The van der Waals surface area contributed by atoms with Crippen LogP contribution >= 0.6 is 0 Å². The molecule has 6 heteroatoms. The molecule has 1 fully saturated rings. The Morgan fingerprint density at radius 1 is 1.50 bits per heavy atom. The summed E-state index contributed by atoms with van der Waals surface area (Å²) in [4.78, 5) is 22.3. The zero-order chi connectivity index (χ0) is 12.0. The highest BCUT2D eigenvalue weighted by molar-refractivity contribution is 5.80. The number of piperidine rings is 1. The highest BCUT2D eigenvalue weighted by Gasteiger charge is 2.23. The van der Waals surface area contributed by atoms with Crippen LogP contribution in [0.2, 0.25) is 0 Å². The zero-order valence-corrected chi connectivity index (χ0v) is 9.36. The van der Waals surface area contributed by atoms with E-state index in [2.05, 4.69) is 10.6 Å². The van der Waals surface area contributed by atoms with Gasteiger partial charge in [0.15, 0.2) is 6.10 Å². The van der Waals surface area contributed by atoms with Gasteiger partial charge in [0.25, 0.3) is 0 Å². The molecule has 0 saturated carbocycles. The maximum Gasteiger partial charge on any atom is 0.334 e. The Kier molecular flexibility index (Phi) is 5.21. The first-order valence-electron chi connectivity index (χ1n) is 5.39. The predicted octanol–water partition coefficient (Wildman–Crippen LogP) is -0.798. The molecule has 0 aromatic rings. The molecule has 3 N–H and O–H groups in total. The van der Waals surface area contributed by atoms with Crippen molar-refractivity contribution in [1.29, 1.82) is 0 Å². The molecule has 0 aromatic heterocycles. The molecule has 1 amide bonds. The normalized spacial score (nSPS) is 19.1. The van der Waals surface area contributed by atoms with E-state index < -0.39 is 12.1 Å². The van der Waals surface area contributed by atoms with Crippen molar-refractivity contribution in [1.82, 2.24) is 10.6 Å². The number of carboxylic acid groups (broad SMARTS) is 1. The van der Waals surface area contributed by atoms with Gasteiger partial charge in [0.05, 0.1) is 6.54 Å². The number of carbonyl (C=O) groups excluding carboxylic acids is 1. The van der Waals surface area contributed by atoms with E-state index >= 15 is 0 Å². The van der Waals surface area contributed by atoms with Gasteiger partial charge >= 0.3 is 5.97 Å². The van der Waals surface area contributed by atoms with Crippen LogP contribution < -0.4 is 10.6 Å². The average molecular weight is 230 g/mol. The molecule has 16 heavy (non-hydrogen) atoms. The Bertz CT molecular complexity index is 251. The standard InChI is InChI=1S/C10H18N2O4/c1-16-8(10(14)15)6-12-9(13)7-2-4-11-5-3-7/h7-8,11H,2-6H2,1H3,(H,12,13)(H,14,15). The van der Waals surface area contributed by atoms with Crippen LogP contribution in [0.1, 0.15) is 12.8 Å². The first-order chi connectivity index (χ1) is 7.65. The number of rotatable bonds is 5. The minimum Gasteiger partial charge on any atom is -0.479 e. The minimum absolute atomic E-state index is 0.00690. The van der Waals surface area contributed by atoms with Crippen molar-refractivity contribution in [2.75, 3.05) is 26.7 Å². The second-order valence-corrected chi connectivity index (χ2v) is 3.83. The van der Waals surface area contributed by atoms with E-state index in [1.54, 1.807) is 0 Å². The summed E-state index contributed by atoms with van der Waals surface area (Å²) in [7, 11) is 1.31. The third-order valence-electron chi connectivity index (χ3n) is 2.73. The molecule has 1 unspecified atom stereocenters. The Hall–Kier alpha value is -1.14. The van der Waals surface area contributed by atoms with Crippen molar-refractivity contribution in [2.45, 2.75) is 18.9 Å². The van der Waals surface area contributed by atoms with Crippen LogP contribution in [-0.4, -0.2) is 49.8 Å². The highest BCUT2D eigenvalue weighted by Crippen LogP contribution is 2.11. The van der Waals surface area contributed by atoms with Gasteiger partial charge in [-0.3, -0.25) is 4.79 Å². The van der Waals surface area contributed by atoms with Crippen LogP contribution in [0.15, 0.2) is 0 Å². The van der Waals surface area contributed by atoms with Gasteiger partial charge < -0.3 is 20.5 Å². The topological polar surface area (TPSA) is 87.7 Å². The van der Waals surface area contributed by atoms with Gasteiger partial charge in [0.1, 0.15) is 0 Å². The third-order valence-corrected chi connectivity index (χ3v) is 2.73. The van der Waals surface area contributed by atoms with Gasteiger partial charge in [0, 0.05) is 13.0 Å². The van der Waals surface area contributed by atoms with E-state index in [1.165, 1.54) is 7.11 Å². The van der Waals surface area contributed by atoms with Gasteiger partial charge in [-0.1, -0.05) is 0 Å². The zero-order valence-electron chi connectivity index (χ0n) is 9.36. The third kappa shape index (κ3) is 3.79. The molecule has 1 aliphatic heterocycles. The molecule has 0 spiro atoms. The second kappa shape index (κ2) is 6.44. The molecule has 0 bridgehead atoms. The van der Waals surface area contributed by atoms with E-state index in [-0.39, 0.29) is 18.4 Å². The molecular weight excluding hydrogens is 212 g/mol. The summed E-state index contributed by atoms with van der Waals surface area (Å²) in [6.07, 6.45) is 0.637. The lowest BCUT2D eigenvalue weighted by molar-refractivity contribution is -0.148. The SMILES string of the molecule is COC(CNC(=O)C1CCNCC1)C(=O)O. The molecule has 6 nitrogen and oxygen atoms in total. The van der Waals surface area contributed by atoms with E-state index in [9.17, 15) is 9.59 Å². The summed E-state index contributed by atoms with van der Waals surface area (Å²) in [6, 6.07) is 0. The van der Waals surface area contributed by atoms with Gasteiger partial charge in [-0.15, -0.1) is 0 Å². The molecule has 0 aliphatic carbocycles. The number of hydrogen-bond acceptors (Lipinski definition) is 4. The molecule has 0 aromatic carbocycles. The van der Waals surface area contributed by atoms with E-state index in [1.807, 2.05) is 0 Å². The van der Waals surface area contributed by atoms with Crippen molar-refractivity contribution in [2.24, 2.45) is 5.92 Å². The summed E-state index contributed by atoms with van der Waals surface area (Å²) in [6.45, 7) is 1.70. The number of carbonyl (C=O) groups is 2. The lowest BCUT2D eigenvalue weighted by Gasteiger charge is -2.22. The first kappa shape index (κ1) is 12.9. The van der Waals surface area contributed by atoms with E-state index in [0.29, 0.717) is 0 Å². The maximum absolute atomic E-state index is 11.7. The van der Waals surface area contributed by atoms with Gasteiger partial charge in [0.2, 0.25) is 5.91 Å². The van der Waals surface area contributed by atoms with Crippen LogP contribution in [0.5, 0.6) is 0 Å². The Morgan fingerprint density at radius 2 is 2.12 bits per heavy atom. The molecule has 1 rings (SSSR count). The molecule has 1 saturated heterocycles. The van der Waals surface area contributed by atoms with Crippen molar-refractivity contribution in [3.05, 3.63) is 0 Å². The molecular formula is C10H18N2O4. The minimum atomic E-state index is -1.06. The summed E-state index contributed by atoms with van der Waals surface area (Å²) in [5.41, 5.74) is 0. The van der Waals surface area contributed by atoms with Crippen molar-refractivity contribution < 1.29 is 19.4 Å². The summed E-state index contributed by atoms with van der Waals surface area (Å²) in [5, 5.41) is 14.5. The van der Waals surface area contributed by atoms with Crippen molar-refractivity contribution >= 4 is 11.9 Å². The van der Waals surface area contributed by atoms with Crippen LogP contribution in [0.4, 0.5) is 0 Å². The van der Waals surface area contributed by atoms with E-state index in [4.69, 9.17) is 9.84 Å².